The molecular formula is C13H17N5O5. The first-order valence-electron chi connectivity index (χ1n) is 7.24. The second-order valence-corrected chi connectivity index (χ2v) is 6.06. The molecule has 2 aliphatic rings. The summed E-state index contributed by atoms with van der Waals surface area (Å²) < 4.78 is 18.8. The van der Waals surface area contributed by atoms with E-state index in [9.17, 15) is 9.90 Å². The van der Waals surface area contributed by atoms with E-state index in [-0.39, 0.29) is 12.4 Å². The van der Waals surface area contributed by atoms with Crippen LogP contribution in [0.25, 0.3) is 11.2 Å². The Morgan fingerprint density at radius 2 is 2.17 bits per heavy atom. The quantitative estimate of drug-likeness (QED) is 0.647. The lowest BCUT2D eigenvalue weighted by Gasteiger charge is -2.24. The standard InChI is InChI=1S/C13H17N5O5/c1-13(2)22-7-5(3-19)21-11(8(7)23-13)18-10-6(15-4-16-10)9(14)17-12(18)20/h4-5,7-8,11,19H,3H2,1-2H3,(H,15,16)(H2,14,17,20). The Labute approximate surface area is 130 Å². The van der Waals surface area contributed by atoms with E-state index in [0.717, 1.165) is 0 Å². The van der Waals surface area contributed by atoms with Gasteiger partial charge in [0.1, 0.15) is 29.5 Å². The Balaban J connectivity index is 1.85. The minimum Gasteiger partial charge on any atom is -0.394 e. The number of hydrogen-bond acceptors (Lipinski definition) is 8. The number of aromatic nitrogens is 4. The number of nitrogens with one attached hydrogen (secondary N) is 1. The Morgan fingerprint density at radius 1 is 1.43 bits per heavy atom. The third-order valence-electron chi connectivity index (χ3n) is 4.08. The van der Waals surface area contributed by atoms with Crippen LogP contribution in [0.3, 0.4) is 0 Å². The molecule has 2 saturated heterocycles. The van der Waals surface area contributed by atoms with Crippen LogP contribution in [-0.2, 0) is 14.2 Å². The van der Waals surface area contributed by atoms with Gasteiger partial charge in [0, 0.05) is 0 Å². The summed E-state index contributed by atoms with van der Waals surface area (Å²) in [4.78, 5) is 23.1. The lowest BCUT2D eigenvalue weighted by Crippen LogP contribution is -2.35. The summed E-state index contributed by atoms with van der Waals surface area (Å²) in [5.41, 5.74) is 5.90. The highest BCUT2D eigenvalue weighted by Crippen LogP contribution is 2.43. The van der Waals surface area contributed by atoms with Crippen LogP contribution in [-0.4, -0.2) is 55.3 Å². The molecule has 0 aromatic carbocycles. The summed E-state index contributed by atoms with van der Waals surface area (Å²) >= 11 is 0. The van der Waals surface area contributed by atoms with Gasteiger partial charge in [0.2, 0.25) is 0 Å². The van der Waals surface area contributed by atoms with E-state index in [1.54, 1.807) is 13.8 Å². The molecule has 0 amide bonds. The largest absolute Gasteiger partial charge is 0.394 e. The molecule has 0 radical (unpaired) electrons. The molecule has 2 aromatic heterocycles. The zero-order valence-corrected chi connectivity index (χ0v) is 12.6. The number of fused-ring (bicyclic) bond motifs is 2. The van der Waals surface area contributed by atoms with Crippen LogP contribution < -0.4 is 11.4 Å². The summed E-state index contributed by atoms with van der Waals surface area (Å²) in [6.45, 7) is 3.29. The first-order chi connectivity index (χ1) is 10.9. The van der Waals surface area contributed by atoms with E-state index in [0.29, 0.717) is 11.2 Å². The molecule has 0 bridgehead atoms. The van der Waals surface area contributed by atoms with Gasteiger partial charge in [-0.3, -0.25) is 0 Å². The summed E-state index contributed by atoms with van der Waals surface area (Å²) in [5, 5.41) is 9.53. The maximum atomic E-state index is 12.4. The van der Waals surface area contributed by atoms with Crippen LogP contribution in [0.4, 0.5) is 5.82 Å². The van der Waals surface area contributed by atoms with Gasteiger partial charge in [-0.1, -0.05) is 0 Å². The van der Waals surface area contributed by atoms with Gasteiger partial charge in [-0.05, 0) is 13.8 Å². The van der Waals surface area contributed by atoms with E-state index in [1.807, 2.05) is 0 Å². The lowest BCUT2D eigenvalue weighted by atomic mass is 10.1. The molecule has 0 saturated carbocycles. The Hall–Kier alpha value is -2.01. The number of imidazole rings is 1. The Bertz CT molecular complexity index is 815. The SMILES string of the molecule is CC1(C)OC2C(CO)OC(n3c(=O)nc(N)c4nc[nH]c43)C2O1. The zero-order valence-electron chi connectivity index (χ0n) is 12.6. The average Bonchev–Trinajstić information content (AvgIpc) is 3.13. The molecule has 23 heavy (non-hydrogen) atoms. The molecule has 2 aliphatic heterocycles. The van der Waals surface area contributed by atoms with Crippen molar-refractivity contribution in [3.63, 3.8) is 0 Å². The van der Waals surface area contributed by atoms with Gasteiger partial charge < -0.3 is 30.0 Å². The van der Waals surface area contributed by atoms with E-state index >= 15 is 0 Å². The third kappa shape index (κ3) is 2.06. The van der Waals surface area contributed by atoms with Crippen LogP contribution in [0.1, 0.15) is 20.1 Å². The number of ether oxygens (including phenoxy) is 3. The minimum absolute atomic E-state index is 0.0414. The number of aliphatic hydroxyl groups excluding tert-OH is 1. The first-order valence-corrected chi connectivity index (χ1v) is 7.24. The average molecular weight is 323 g/mol. The van der Waals surface area contributed by atoms with Gasteiger partial charge in [-0.15, -0.1) is 0 Å². The molecule has 2 fully saturated rings. The first kappa shape index (κ1) is 14.6. The molecular weight excluding hydrogens is 306 g/mol. The molecule has 4 heterocycles. The van der Waals surface area contributed by atoms with Gasteiger partial charge >= 0.3 is 5.69 Å². The summed E-state index contributed by atoms with van der Waals surface area (Å²) in [5.74, 6) is -0.789. The van der Waals surface area contributed by atoms with Crippen molar-refractivity contribution >= 4 is 17.0 Å². The zero-order chi connectivity index (χ0) is 16.4. The fraction of sp³-hybridized carbons (Fsp3) is 0.615. The maximum Gasteiger partial charge on any atom is 0.353 e. The van der Waals surface area contributed by atoms with Crippen LogP contribution in [0.5, 0.6) is 0 Å². The van der Waals surface area contributed by atoms with Crippen LogP contribution in [0.2, 0.25) is 0 Å². The molecule has 4 rings (SSSR count). The predicted octanol–water partition coefficient (Wildman–Crippen LogP) is -0.888. The predicted molar refractivity (Wildman–Crippen MR) is 77.4 cm³/mol. The highest BCUT2D eigenvalue weighted by Gasteiger charge is 2.56. The van der Waals surface area contributed by atoms with Crippen molar-refractivity contribution in [2.45, 2.75) is 44.2 Å². The monoisotopic (exact) mass is 323 g/mol. The maximum absolute atomic E-state index is 12.4. The number of rotatable bonds is 2. The summed E-state index contributed by atoms with van der Waals surface area (Å²) in [6, 6.07) is 0. The second kappa shape index (κ2) is 4.74. The van der Waals surface area contributed by atoms with E-state index in [2.05, 4.69) is 15.0 Å². The number of H-pyrrole nitrogens is 1. The molecule has 10 nitrogen and oxygen atoms in total. The van der Waals surface area contributed by atoms with Crippen molar-refractivity contribution in [1.29, 1.82) is 0 Å². The molecule has 4 N–H and O–H groups in total. The number of aliphatic hydroxyl groups is 1. The van der Waals surface area contributed by atoms with Crippen LogP contribution in [0.15, 0.2) is 11.1 Å². The molecule has 10 heteroatoms. The summed E-state index contributed by atoms with van der Waals surface area (Å²) in [6.07, 6.45) is -1.03. The normalized spacial score (nSPS) is 32.5. The van der Waals surface area contributed by atoms with Crippen molar-refractivity contribution in [1.82, 2.24) is 19.5 Å². The molecule has 4 atom stereocenters. The smallest absolute Gasteiger partial charge is 0.353 e. The van der Waals surface area contributed by atoms with Gasteiger partial charge in [0.25, 0.3) is 0 Å². The number of hydrogen-bond donors (Lipinski definition) is 3. The number of aromatic amines is 1. The Morgan fingerprint density at radius 3 is 2.91 bits per heavy atom. The highest BCUT2D eigenvalue weighted by molar-refractivity contribution is 5.81. The van der Waals surface area contributed by atoms with Gasteiger partial charge in [0.15, 0.2) is 17.8 Å². The second-order valence-electron chi connectivity index (χ2n) is 6.06. The molecule has 4 unspecified atom stereocenters. The molecule has 0 spiro atoms. The minimum atomic E-state index is -0.831. The van der Waals surface area contributed by atoms with Crippen molar-refractivity contribution in [2.75, 3.05) is 12.3 Å². The highest BCUT2D eigenvalue weighted by atomic mass is 16.8. The number of nitrogens with two attached hydrogens (primary N) is 1. The van der Waals surface area contributed by atoms with Gasteiger partial charge in [-0.2, -0.15) is 4.98 Å². The molecule has 0 aliphatic carbocycles. The van der Waals surface area contributed by atoms with Crippen LogP contribution >= 0.6 is 0 Å². The summed E-state index contributed by atoms with van der Waals surface area (Å²) in [7, 11) is 0. The Kier molecular flexibility index (Phi) is 3.00. The number of anilines is 1. The van der Waals surface area contributed by atoms with Crippen molar-refractivity contribution in [3.8, 4) is 0 Å². The van der Waals surface area contributed by atoms with Crippen LogP contribution in [0, 0.1) is 0 Å². The van der Waals surface area contributed by atoms with Gasteiger partial charge in [-0.25, -0.2) is 14.3 Å². The van der Waals surface area contributed by atoms with E-state index in [1.165, 1.54) is 10.9 Å². The van der Waals surface area contributed by atoms with E-state index in [4.69, 9.17) is 19.9 Å². The molecule has 124 valence electrons. The fourth-order valence-electron chi connectivity index (χ4n) is 3.21. The van der Waals surface area contributed by atoms with Crippen molar-refractivity contribution in [2.24, 2.45) is 0 Å². The number of nitrogen functional groups attached to an aromatic ring is 1. The number of nitrogens with zero attached hydrogens (tertiary/aromatic N) is 3. The lowest BCUT2D eigenvalue weighted by molar-refractivity contribution is -0.200. The molecule has 2 aromatic rings. The topological polar surface area (TPSA) is 138 Å². The third-order valence-corrected chi connectivity index (χ3v) is 4.08. The fourth-order valence-corrected chi connectivity index (χ4v) is 3.21. The van der Waals surface area contributed by atoms with Gasteiger partial charge in [0.05, 0.1) is 12.9 Å². The van der Waals surface area contributed by atoms with E-state index < -0.39 is 36.0 Å². The van der Waals surface area contributed by atoms with Crippen molar-refractivity contribution in [3.05, 3.63) is 16.8 Å². The van der Waals surface area contributed by atoms with Crippen molar-refractivity contribution < 1.29 is 19.3 Å².